The molecule has 0 fully saturated rings. The number of hydrogen-bond acceptors (Lipinski definition) is 4. The molecule has 2 N–H and O–H groups in total. The lowest BCUT2D eigenvalue weighted by atomic mass is 10.3. The molecular formula is C9H22N2O4S. The molecule has 16 heavy (non-hydrogen) atoms. The standard InChI is InChI=1S/C9H22N2O4S/c1-3-4-6-11(7-8-12)16(13,14)10-5-9-15-2/h10,12H,3-9H2,1-2H3. The number of hydrogen-bond donors (Lipinski definition) is 2. The van der Waals surface area contributed by atoms with Crippen molar-refractivity contribution in [2.45, 2.75) is 19.8 Å². The molecule has 6 nitrogen and oxygen atoms in total. The molecule has 0 bridgehead atoms. The summed E-state index contributed by atoms with van der Waals surface area (Å²) >= 11 is 0. The maximum Gasteiger partial charge on any atom is 0.279 e. The van der Waals surface area contributed by atoms with Gasteiger partial charge in [-0.2, -0.15) is 17.4 Å². The number of aliphatic hydroxyl groups is 1. The Kier molecular flexibility index (Phi) is 8.77. The number of nitrogens with one attached hydrogen (secondary N) is 1. The quantitative estimate of drug-likeness (QED) is 0.518. The highest BCUT2D eigenvalue weighted by Crippen LogP contribution is 2.00. The van der Waals surface area contributed by atoms with E-state index in [0.29, 0.717) is 13.2 Å². The van der Waals surface area contributed by atoms with Crippen LogP contribution in [-0.2, 0) is 14.9 Å². The van der Waals surface area contributed by atoms with Crippen molar-refractivity contribution in [2.75, 3.05) is 40.0 Å². The van der Waals surface area contributed by atoms with E-state index in [0.717, 1.165) is 12.8 Å². The zero-order valence-electron chi connectivity index (χ0n) is 9.98. The first-order chi connectivity index (χ1) is 7.58. The highest BCUT2D eigenvalue weighted by molar-refractivity contribution is 7.87. The Morgan fingerprint density at radius 1 is 1.38 bits per heavy atom. The summed E-state index contributed by atoms with van der Waals surface area (Å²) in [4.78, 5) is 0. The van der Waals surface area contributed by atoms with Gasteiger partial charge in [-0.15, -0.1) is 0 Å². The zero-order chi connectivity index (χ0) is 12.4. The fraction of sp³-hybridized carbons (Fsp3) is 1.00. The third-order valence-electron chi connectivity index (χ3n) is 2.04. The van der Waals surface area contributed by atoms with Crippen molar-refractivity contribution in [2.24, 2.45) is 0 Å². The molecule has 0 saturated carbocycles. The Morgan fingerprint density at radius 3 is 2.56 bits per heavy atom. The van der Waals surface area contributed by atoms with Gasteiger partial charge in [0.2, 0.25) is 0 Å². The van der Waals surface area contributed by atoms with Crippen LogP contribution in [-0.4, -0.2) is 57.8 Å². The van der Waals surface area contributed by atoms with Crippen LogP contribution < -0.4 is 4.72 Å². The molecule has 0 amide bonds. The fourth-order valence-corrected chi connectivity index (χ4v) is 2.38. The van der Waals surface area contributed by atoms with E-state index in [1.165, 1.54) is 11.4 Å². The zero-order valence-corrected chi connectivity index (χ0v) is 10.8. The molecule has 0 atom stereocenters. The predicted octanol–water partition coefficient (Wildman–Crippen LogP) is -0.438. The Balaban J connectivity index is 4.25. The van der Waals surface area contributed by atoms with E-state index < -0.39 is 10.2 Å². The molecule has 0 saturated heterocycles. The van der Waals surface area contributed by atoms with E-state index >= 15 is 0 Å². The molecule has 0 aromatic heterocycles. The minimum Gasteiger partial charge on any atom is -0.395 e. The summed E-state index contributed by atoms with van der Waals surface area (Å²) in [5.74, 6) is 0. The van der Waals surface area contributed by atoms with Crippen molar-refractivity contribution < 1.29 is 18.3 Å². The number of unbranched alkanes of at least 4 members (excludes halogenated alkanes) is 1. The molecule has 0 aromatic carbocycles. The second-order valence-corrected chi connectivity index (χ2v) is 5.12. The summed E-state index contributed by atoms with van der Waals surface area (Å²) in [6.45, 7) is 2.95. The van der Waals surface area contributed by atoms with Crippen molar-refractivity contribution in [1.29, 1.82) is 0 Å². The average Bonchev–Trinajstić information content (AvgIpc) is 2.24. The van der Waals surface area contributed by atoms with E-state index in [9.17, 15) is 8.42 Å². The van der Waals surface area contributed by atoms with Crippen LogP contribution in [0.2, 0.25) is 0 Å². The third-order valence-corrected chi connectivity index (χ3v) is 3.65. The van der Waals surface area contributed by atoms with E-state index in [1.54, 1.807) is 0 Å². The normalized spacial score (nSPS) is 12.2. The van der Waals surface area contributed by atoms with Crippen LogP contribution in [0, 0.1) is 0 Å². The minimum atomic E-state index is -3.49. The van der Waals surface area contributed by atoms with Crippen molar-refractivity contribution in [1.82, 2.24) is 9.03 Å². The maximum atomic E-state index is 11.7. The molecule has 0 aromatic rings. The Bertz CT molecular complexity index is 256. The molecular weight excluding hydrogens is 232 g/mol. The second kappa shape index (κ2) is 8.89. The van der Waals surface area contributed by atoms with Crippen molar-refractivity contribution in [3.05, 3.63) is 0 Å². The summed E-state index contributed by atoms with van der Waals surface area (Å²) in [6, 6.07) is 0. The smallest absolute Gasteiger partial charge is 0.279 e. The van der Waals surface area contributed by atoms with Crippen LogP contribution in [0.1, 0.15) is 19.8 Å². The van der Waals surface area contributed by atoms with Crippen LogP contribution in [0.15, 0.2) is 0 Å². The van der Waals surface area contributed by atoms with Gasteiger partial charge < -0.3 is 9.84 Å². The fourth-order valence-electron chi connectivity index (χ4n) is 1.16. The monoisotopic (exact) mass is 254 g/mol. The summed E-state index contributed by atoms with van der Waals surface area (Å²) in [6.07, 6.45) is 1.70. The van der Waals surface area contributed by atoms with E-state index in [2.05, 4.69) is 4.72 Å². The lowest BCUT2D eigenvalue weighted by Crippen LogP contribution is -2.43. The number of nitrogens with zero attached hydrogens (tertiary/aromatic N) is 1. The minimum absolute atomic E-state index is 0.127. The molecule has 0 unspecified atom stereocenters. The second-order valence-electron chi connectivity index (χ2n) is 3.37. The predicted molar refractivity (Wildman–Crippen MR) is 62.4 cm³/mol. The van der Waals surface area contributed by atoms with E-state index in [4.69, 9.17) is 9.84 Å². The number of rotatable bonds is 10. The number of ether oxygens (including phenoxy) is 1. The van der Waals surface area contributed by atoms with Gasteiger partial charge in [-0.1, -0.05) is 13.3 Å². The van der Waals surface area contributed by atoms with Gasteiger partial charge in [-0.3, -0.25) is 0 Å². The topological polar surface area (TPSA) is 78.9 Å². The van der Waals surface area contributed by atoms with E-state index in [-0.39, 0.29) is 19.7 Å². The highest BCUT2D eigenvalue weighted by Gasteiger charge is 2.19. The van der Waals surface area contributed by atoms with Crippen molar-refractivity contribution >= 4 is 10.2 Å². The molecule has 0 aliphatic rings. The highest BCUT2D eigenvalue weighted by atomic mass is 32.2. The van der Waals surface area contributed by atoms with Gasteiger partial charge in [0, 0.05) is 26.7 Å². The van der Waals surface area contributed by atoms with Gasteiger partial charge in [0.1, 0.15) is 0 Å². The van der Waals surface area contributed by atoms with Crippen LogP contribution in [0.25, 0.3) is 0 Å². The summed E-state index contributed by atoms with van der Waals surface area (Å²) < 4.78 is 31.9. The summed E-state index contributed by atoms with van der Waals surface area (Å²) in [5.41, 5.74) is 0. The van der Waals surface area contributed by atoms with Crippen LogP contribution in [0.5, 0.6) is 0 Å². The molecule has 0 spiro atoms. The van der Waals surface area contributed by atoms with E-state index in [1.807, 2.05) is 6.92 Å². The molecule has 0 aliphatic heterocycles. The van der Waals surface area contributed by atoms with Gasteiger partial charge in [0.15, 0.2) is 0 Å². The third kappa shape index (κ3) is 6.39. The largest absolute Gasteiger partial charge is 0.395 e. The van der Waals surface area contributed by atoms with Gasteiger partial charge >= 0.3 is 0 Å². The summed E-state index contributed by atoms with van der Waals surface area (Å²) in [7, 11) is -1.97. The van der Waals surface area contributed by atoms with Crippen LogP contribution in [0.4, 0.5) is 0 Å². The lowest BCUT2D eigenvalue weighted by Gasteiger charge is -2.21. The first kappa shape index (κ1) is 15.8. The van der Waals surface area contributed by atoms with Crippen LogP contribution in [0.3, 0.4) is 0 Å². The Morgan fingerprint density at radius 2 is 2.06 bits per heavy atom. The summed E-state index contributed by atoms with van der Waals surface area (Å²) in [5, 5.41) is 8.81. The van der Waals surface area contributed by atoms with Gasteiger partial charge in [-0.05, 0) is 6.42 Å². The number of aliphatic hydroxyl groups excluding tert-OH is 1. The Labute approximate surface area is 97.8 Å². The van der Waals surface area contributed by atoms with Gasteiger partial charge in [0.05, 0.1) is 13.2 Å². The van der Waals surface area contributed by atoms with Gasteiger partial charge in [0.25, 0.3) is 10.2 Å². The molecule has 0 rings (SSSR count). The van der Waals surface area contributed by atoms with Crippen molar-refractivity contribution in [3.63, 3.8) is 0 Å². The molecule has 7 heteroatoms. The maximum absolute atomic E-state index is 11.7. The molecule has 0 heterocycles. The first-order valence-corrected chi connectivity index (χ1v) is 6.87. The first-order valence-electron chi connectivity index (χ1n) is 5.43. The lowest BCUT2D eigenvalue weighted by molar-refractivity contribution is 0.203. The molecule has 0 aliphatic carbocycles. The SMILES string of the molecule is CCCCN(CCO)S(=O)(=O)NCCOC. The Hall–Kier alpha value is -0.210. The number of methoxy groups -OCH3 is 1. The van der Waals surface area contributed by atoms with Gasteiger partial charge in [-0.25, -0.2) is 0 Å². The van der Waals surface area contributed by atoms with Crippen molar-refractivity contribution in [3.8, 4) is 0 Å². The molecule has 0 radical (unpaired) electrons. The van der Waals surface area contributed by atoms with Crippen LogP contribution >= 0.6 is 0 Å². The average molecular weight is 254 g/mol. The molecule has 98 valence electrons.